The van der Waals surface area contributed by atoms with Gasteiger partial charge in [-0.05, 0) is 46.3 Å². The second kappa shape index (κ2) is 6.43. The maximum Gasteiger partial charge on any atom is 0.241 e. The number of aromatic nitrogens is 1. The first-order valence-corrected chi connectivity index (χ1v) is 8.11. The van der Waals surface area contributed by atoms with Crippen LogP contribution in [-0.4, -0.2) is 19.9 Å². The van der Waals surface area contributed by atoms with E-state index in [0.29, 0.717) is 6.42 Å². The van der Waals surface area contributed by atoms with Crippen LogP contribution in [0.1, 0.15) is 5.69 Å². The van der Waals surface area contributed by atoms with Crippen molar-refractivity contribution in [3.05, 3.63) is 58.6 Å². The van der Waals surface area contributed by atoms with Crippen LogP contribution >= 0.6 is 15.9 Å². The van der Waals surface area contributed by atoms with Crippen LogP contribution in [0.25, 0.3) is 0 Å². The third kappa shape index (κ3) is 3.84. The predicted molar refractivity (Wildman–Crippen MR) is 77.2 cm³/mol. The van der Waals surface area contributed by atoms with E-state index >= 15 is 0 Å². The van der Waals surface area contributed by atoms with E-state index in [1.807, 2.05) is 12.1 Å². The topological polar surface area (TPSA) is 59.1 Å². The molecule has 0 saturated carbocycles. The van der Waals surface area contributed by atoms with Crippen molar-refractivity contribution in [1.29, 1.82) is 0 Å². The van der Waals surface area contributed by atoms with Crippen LogP contribution in [0.5, 0.6) is 0 Å². The normalized spacial score (nSPS) is 11.5. The number of rotatable bonds is 5. The molecule has 0 radical (unpaired) electrons. The molecule has 106 valence electrons. The minimum absolute atomic E-state index is 0.0138. The molecule has 20 heavy (non-hydrogen) atoms. The third-order valence-corrected chi connectivity index (χ3v) is 5.02. The smallest absolute Gasteiger partial charge is 0.241 e. The Morgan fingerprint density at radius 3 is 2.70 bits per heavy atom. The number of pyridine rings is 1. The summed E-state index contributed by atoms with van der Waals surface area (Å²) < 4.78 is 39.8. The molecule has 0 saturated heterocycles. The first kappa shape index (κ1) is 15.1. The zero-order chi connectivity index (χ0) is 14.6. The molecule has 0 atom stereocenters. The molecule has 0 aliphatic rings. The Morgan fingerprint density at radius 2 is 2.05 bits per heavy atom. The lowest BCUT2D eigenvalue weighted by Crippen LogP contribution is -2.26. The number of nitrogens with zero attached hydrogens (tertiary/aromatic N) is 1. The molecule has 0 aliphatic heterocycles. The number of benzene rings is 1. The van der Waals surface area contributed by atoms with Crippen LogP contribution in [0.15, 0.2) is 52.0 Å². The summed E-state index contributed by atoms with van der Waals surface area (Å²) in [6.45, 7) is 0.225. The molecule has 7 heteroatoms. The molecule has 2 aromatic rings. The van der Waals surface area contributed by atoms with Crippen molar-refractivity contribution in [3.8, 4) is 0 Å². The number of nitrogens with one attached hydrogen (secondary N) is 1. The summed E-state index contributed by atoms with van der Waals surface area (Å²) in [7, 11) is -3.67. The molecule has 1 aromatic carbocycles. The molecular weight excluding hydrogens is 347 g/mol. The van der Waals surface area contributed by atoms with Crippen LogP contribution in [0.2, 0.25) is 0 Å². The molecule has 0 bridgehead atoms. The molecule has 1 aromatic heterocycles. The molecule has 0 fully saturated rings. The summed E-state index contributed by atoms with van der Waals surface area (Å²) in [5.41, 5.74) is 0.799. The van der Waals surface area contributed by atoms with Crippen LogP contribution in [-0.2, 0) is 16.4 Å². The molecule has 1 N–H and O–H groups in total. The van der Waals surface area contributed by atoms with Crippen molar-refractivity contribution in [1.82, 2.24) is 9.71 Å². The highest BCUT2D eigenvalue weighted by atomic mass is 79.9. The van der Waals surface area contributed by atoms with E-state index in [2.05, 4.69) is 25.6 Å². The summed E-state index contributed by atoms with van der Waals surface area (Å²) >= 11 is 3.05. The van der Waals surface area contributed by atoms with Crippen molar-refractivity contribution in [2.24, 2.45) is 0 Å². The molecule has 2 rings (SSSR count). The van der Waals surface area contributed by atoms with Crippen molar-refractivity contribution in [2.45, 2.75) is 11.3 Å². The summed E-state index contributed by atoms with van der Waals surface area (Å²) in [4.78, 5) is 4.12. The van der Waals surface area contributed by atoms with Crippen LogP contribution < -0.4 is 4.72 Å². The second-order valence-corrected chi connectivity index (χ2v) is 6.63. The van der Waals surface area contributed by atoms with Crippen molar-refractivity contribution in [2.75, 3.05) is 6.54 Å². The van der Waals surface area contributed by atoms with Gasteiger partial charge in [0.1, 0.15) is 5.82 Å². The van der Waals surface area contributed by atoms with Gasteiger partial charge in [0.15, 0.2) is 0 Å². The molecule has 0 aliphatic carbocycles. The maximum atomic E-state index is 13.0. The maximum absolute atomic E-state index is 13.0. The molecule has 0 unspecified atom stereocenters. The SMILES string of the molecule is O=S(=O)(NCCc1ccccn1)c1ccc(F)cc1Br. The highest BCUT2D eigenvalue weighted by Crippen LogP contribution is 2.22. The monoisotopic (exact) mass is 358 g/mol. The second-order valence-electron chi connectivity index (χ2n) is 4.04. The van der Waals surface area contributed by atoms with Crippen LogP contribution in [0, 0.1) is 5.82 Å². The van der Waals surface area contributed by atoms with Gasteiger partial charge in [-0.25, -0.2) is 17.5 Å². The molecule has 0 spiro atoms. The quantitative estimate of drug-likeness (QED) is 0.893. The van der Waals surface area contributed by atoms with Crippen molar-refractivity contribution < 1.29 is 12.8 Å². The molecular formula is C13H12BrFN2O2S. The average Bonchev–Trinajstić information content (AvgIpc) is 2.39. The van der Waals surface area contributed by atoms with Gasteiger partial charge in [-0.15, -0.1) is 0 Å². The summed E-state index contributed by atoms with van der Waals surface area (Å²) in [6.07, 6.45) is 2.14. The Labute approximate surface area is 125 Å². The van der Waals surface area contributed by atoms with Gasteiger partial charge >= 0.3 is 0 Å². The molecule has 4 nitrogen and oxygen atoms in total. The van der Waals surface area contributed by atoms with Gasteiger partial charge in [-0.2, -0.15) is 0 Å². The summed E-state index contributed by atoms with van der Waals surface area (Å²) in [5.74, 6) is -0.496. The minimum Gasteiger partial charge on any atom is -0.261 e. The lowest BCUT2D eigenvalue weighted by molar-refractivity contribution is 0.579. The lowest BCUT2D eigenvalue weighted by Gasteiger charge is -2.08. The Balaban J connectivity index is 2.04. The Bertz CT molecular complexity index is 693. The number of hydrogen-bond donors (Lipinski definition) is 1. The van der Waals surface area contributed by atoms with E-state index < -0.39 is 15.8 Å². The van der Waals surface area contributed by atoms with E-state index in [1.165, 1.54) is 6.07 Å². The number of hydrogen-bond acceptors (Lipinski definition) is 3. The highest BCUT2D eigenvalue weighted by molar-refractivity contribution is 9.10. The Morgan fingerprint density at radius 1 is 1.25 bits per heavy atom. The van der Waals surface area contributed by atoms with Gasteiger partial charge in [-0.3, -0.25) is 4.98 Å². The Hall–Kier alpha value is -1.31. The first-order chi connectivity index (χ1) is 9.49. The standard InChI is InChI=1S/C13H12BrFN2O2S/c14-12-9-10(15)4-5-13(12)20(18,19)17-8-6-11-3-1-2-7-16-11/h1-5,7,9,17H,6,8H2. The van der Waals surface area contributed by atoms with Crippen LogP contribution in [0.4, 0.5) is 4.39 Å². The van der Waals surface area contributed by atoms with E-state index in [1.54, 1.807) is 12.3 Å². The third-order valence-electron chi connectivity index (χ3n) is 2.58. The highest BCUT2D eigenvalue weighted by Gasteiger charge is 2.17. The van der Waals surface area contributed by atoms with E-state index in [0.717, 1.165) is 17.8 Å². The summed E-state index contributed by atoms with van der Waals surface area (Å²) in [5, 5.41) is 0. The zero-order valence-corrected chi connectivity index (χ0v) is 12.8. The number of sulfonamides is 1. The van der Waals surface area contributed by atoms with Crippen molar-refractivity contribution in [3.63, 3.8) is 0 Å². The molecule has 1 heterocycles. The summed E-state index contributed by atoms with van der Waals surface area (Å²) in [6, 6.07) is 8.91. The molecule has 0 amide bonds. The largest absolute Gasteiger partial charge is 0.261 e. The fraction of sp³-hybridized carbons (Fsp3) is 0.154. The van der Waals surface area contributed by atoms with E-state index in [9.17, 15) is 12.8 Å². The lowest BCUT2D eigenvalue weighted by atomic mass is 10.3. The van der Waals surface area contributed by atoms with Crippen molar-refractivity contribution >= 4 is 26.0 Å². The van der Waals surface area contributed by atoms with Gasteiger partial charge in [0.2, 0.25) is 10.0 Å². The van der Waals surface area contributed by atoms with Gasteiger partial charge in [0, 0.05) is 29.3 Å². The van der Waals surface area contributed by atoms with Gasteiger partial charge < -0.3 is 0 Å². The average molecular weight is 359 g/mol. The van der Waals surface area contributed by atoms with E-state index in [4.69, 9.17) is 0 Å². The van der Waals surface area contributed by atoms with Crippen LogP contribution in [0.3, 0.4) is 0 Å². The van der Waals surface area contributed by atoms with Gasteiger partial charge in [-0.1, -0.05) is 6.07 Å². The Kier molecular flexibility index (Phi) is 4.85. The van der Waals surface area contributed by atoms with E-state index in [-0.39, 0.29) is 15.9 Å². The van der Waals surface area contributed by atoms with Gasteiger partial charge in [0.25, 0.3) is 0 Å². The minimum atomic E-state index is -3.67. The first-order valence-electron chi connectivity index (χ1n) is 5.84. The van der Waals surface area contributed by atoms with Gasteiger partial charge in [0.05, 0.1) is 4.90 Å². The predicted octanol–water partition coefficient (Wildman–Crippen LogP) is 2.50. The number of halogens is 2. The fourth-order valence-electron chi connectivity index (χ4n) is 1.63. The zero-order valence-electron chi connectivity index (χ0n) is 10.4. The fourth-order valence-corrected chi connectivity index (χ4v) is 3.71.